The molecule has 21 heavy (non-hydrogen) atoms. The van der Waals surface area contributed by atoms with Gasteiger partial charge in [0.1, 0.15) is 0 Å². The maximum atomic E-state index is 11.5. The maximum Gasteiger partial charge on any atom is 0.248 e. The van der Waals surface area contributed by atoms with E-state index in [9.17, 15) is 4.79 Å². The van der Waals surface area contributed by atoms with Crippen molar-refractivity contribution in [3.8, 4) is 11.1 Å². The van der Waals surface area contributed by atoms with Crippen LogP contribution in [0.15, 0.2) is 48.5 Å². The molecule has 2 aromatic carbocycles. The number of carbonyl (C=O) groups excluding carboxylic acids is 1. The van der Waals surface area contributed by atoms with Gasteiger partial charge in [0, 0.05) is 43.0 Å². The monoisotopic (exact) mass is 281 g/mol. The van der Waals surface area contributed by atoms with Crippen molar-refractivity contribution in [2.24, 2.45) is 5.73 Å². The Labute approximate surface area is 124 Å². The van der Waals surface area contributed by atoms with Gasteiger partial charge < -0.3 is 16.0 Å². The van der Waals surface area contributed by atoms with Crippen LogP contribution in [-0.2, 0) is 0 Å². The van der Waals surface area contributed by atoms with Crippen LogP contribution < -0.4 is 16.0 Å². The number of hydrogen-bond donors (Lipinski definition) is 2. The molecule has 0 spiro atoms. The molecule has 2 aromatic rings. The second kappa shape index (κ2) is 5.97. The van der Waals surface area contributed by atoms with Gasteiger partial charge in [0.25, 0.3) is 0 Å². The van der Waals surface area contributed by atoms with Crippen LogP contribution in [0.2, 0.25) is 0 Å². The van der Waals surface area contributed by atoms with Crippen molar-refractivity contribution < 1.29 is 4.79 Å². The second-order valence-electron chi connectivity index (χ2n) is 5.20. The van der Waals surface area contributed by atoms with E-state index >= 15 is 0 Å². The van der Waals surface area contributed by atoms with Crippen molar-refractivity contribution in [2.75, 3.05) is 31.1 Å². The molecule has 3 N–H and O–H groups in total. The molecule has 1 aliphatic rings. The van der Waals surface area contributed by atoms with Crippen LogP contribution in [0.25, 0.3) is 11.1 Å². The smallest absolute Gasteiger partial charge is 0.248 e. The summed E-state index contributed by atoms with van der Waals surface area (Å²) in [5, 5.41) is 3.35. The number of nitrogens with two attached hydrogens (primary N) is 1. The molecule has 0 bridgehead atoms. The number of carbonyl (C=O) groups is 1. The zero-order chi connectivity index (χ0) is 14.7. The highest BCUT2D eigenvalue weighted by Crippen LogP contribution is 2.32. The number of benzene rings is 2. The molecule has 0 radical (unpaired) electrons. The van der Waals surface area contributed by atoms with Crippen molar-refractivity contribution in [3.05, 3.63) is 54.1 Å². The molecule has 1 aliphatic heterocycles. The van der Waals surface area contributed by atoms with E-state index in [-0.39, 0.29) is 5.91 Å². The van der Waals surface area contributed by atoms with Gasteiger partial charge >= 0.3 is 0 Å². The number of piperazine rings is 1. The quantitative estimate of drug-likeness (QED) is 0.903. The fourth-order valence-corrected chi connectivity index (χ4v) is 2.71. The standard InChI is InChI=1S/C17H19N3O/c18-17(21)14-6-7-15(13-4-2-1-3-5-13)16(12-14)20-10-8-19-9-11-20/h1-7,12,19H,8-11H2,(H2,18,21). The highest BCUT2D eigenvalue weighted by molar-refractivity contribution is 5.95. The van der Waals surface area contributed by atoms with E-state index in [0.717, 1.165) is 43.0 Å². The minimum Gasteiger partial charge on any atom is -0.368 e. The molecule has 0 unspecified atom stereocenters. The van der Waals surface area contributed by atoms with Crippen molar-refractivity contribution >= 4 is 11.6 Å². The Morgan fingerprint density at radius 2 is 1.76 bits per heavy atom. The summed E-state index contributed by atoms with van der Waals surface area (Å²) in [5.74, 6) is -0.383. The van der Waals surface area contributed by atoms with E-state index in [1.54, 1.807) is 6.07 Å². The lowest BCUT2D eigenvalue weighted by atomic mass is 10.00. The summed E-state index contributed by atoms with van der Waals surface area (Å²) in [5.41, 5.74) is 9.37. The van der Waals surface area contributed by atoms with Crippen LogP contribution >= 0.6 is 0 Å². The summed E-state index contributed by atoms with van der Waals surface area (Å²) in [6.07, 6.45) is 0. The predicted octanol–water partition coefficient (Wildman–Crippen LogP) is 1.86. The maximum absolute atomic E-state index is 11.5. The Bertz CT molecular complexity index is 634. The van der Waals surface area contributed by atoms with Crippen LogP contribution in [0, 0.1) is 0 Å². The van der Waals surface area contributed by atoms with E-state index in [4.69, 9.17) is 5.73 Å². The lowest BCUT2D eigenvalue weighted by Crippen LogP contribution is -2.43. The molecule has 1 fully saturated rings. The summed E-state index contributed by atoms with van der Waals surface area (Å²) in [4.78, 5) is 13.8. The molecule has 108 valence electrons. The summed E-state index contributed by atoms with van der Waals surface area (Å²) in [6, 6.07) is 15.9. The Morgan fingerprint density at radius 1 is 1.05 bits per heavy atom. The van der Waals surface area contributed by atoms with Crippen LogP contribution in [0.3, 0.4) is 0 Å². The number of nitrogens with zero attached hydrogens (tertiary/aromatic N) is 1. The Balaban J connectivity index is 2.08. The molecule has 1 amide bonds. The van der Waals surface area contributed by atoms with Gasteiger partial charge in [0.15, 0.2) is 0 Å². The largest absolute Gasteiger partial charge is 0.368 e. The molecule has 0 aliphatic carbocycles. The molecule has 0 aromatic heterocycles. The lowest BCUT2D eigenvalue weighted by Gasteiger charge is -2.31. The van der Waals surface area contributed by atoms with Gasteiger partial charge in [0.05, 0.1) is 0 Å². The van der Waals surface area contributed by atoms with Crippen molar-refractivity contribution in [3.63, 3.8) is 0 Å². The number of anilines is 1. The molecule has 0 atom stereocenters. The first-order valence-corrected chi connectivity index (χ1v) is 7.20. The minimum absolute atomic E-state index is 0.383. The van der Waals surface area contributed by atoms with Crippen LogP contribution in [-0.4, -0.2) is 32.1 Å². The average molecular weight is 281 g/mol. The lowest BCUT2D eigenvalue weighted by molar-refractivity contribution is 0.100. The third-order valence-electron chi connectivity index (χ3n) is 3.82. The van der Waals surface area contributed by atoms with Gasteiger partial charge in [-0.15, -0.1) is 0 Å². The van der Waals surface area contributed by atoms with Crippen molar-refractivity contribution in [1.29, 1.82) is 0 Å². The van der Waals surface area contributed by atoms with E-state index < -0.39 is 0 Å². The topological polar surface area (TPSA) is 58.4 Å². The molecular weight excluding hydrogens is 262 g/mol. The van der Waals surface area contributed by atoms with Crippen molar-refractivity contribution in [1.82, 2.24) is 5.32 Å². The third kappa shape index (κ3) is 2.90. The second-order valence-corrected chi connectivity index (χ2v) is 5.20. The SMILES string of the molecule is NC(=O)c1ccc(-c2ccccc2)c(N2CCNCC2)c1. The first kappa shape index (κ1) is 13.6. The predicted molar refractivity (Wildman–Crippen MR) is 85.5 cm³/mol. The summed E-state index contributed by atoms with van der Waals surface area (Å²) >= 11 is 0. The molecule has 4 nitrogen and oxygen atoms in total. The fraction of sp³-hybridized carbons (Fsp3) is 0.235. The Kier molecular flexibility index (Phi) is 3.88. The highest BCUT2D eigenvalue weighted by atomic mass is 16.1. The summed E-state index contributed by atoms with van der Waals surface area (Å²) in [6.45, 7) is 3.77. The van der Waals surface area contributed by atoms with Crippen molar-refractivity contribution in [2.45, 2.75) is 0 Å². The van der Waals surface area contributed by atoms with Gasteiger partial charge in [-0.3, -0.25) is 4.79 Å². The molecular formula is C17H19N3O. The first-order chi connectivity index (χ1) is 10.3. The minimum atomic E-state index is -0.383. The number of primary amides is 1. The van der Waals surface area contributed by atoms with Gasteiger partial charge in [-0.25, -0.2) is 0 Å². The molecule has 1 saturated heterocycles. The van der Waals surface area contributed by atoms with E-state index in [1.807, 2.05) is 30.3 Å². The Morgan fingerprint density at radius 3 is 2.43 bits per heavy atom. The number of hydrogen-bond acceptors (Lipinski definition) is 3. The number of nitrogens with one attached hydrogen (secondary N) is 1. The zero-order valence-electron chi connectivity index (χ0n) is 11.9. The third-order valence-corrected chi connectivity index (χ3v) is 3.82. The van der Waals surface area contributed by atoms with Gasteiger partial charge in [-0.1, -0.05) is 36.4 Å². The summed E-state index contributed by atoms with van der Waals surface area (Å²) in [7, 11) is 0. The highest BCUT2D eigenvalue weighted by Gasteiger charge is 2.16. The van der Waals surface area contributed by atoms with E-state index in [1.165, 1.54) is 0 Å². The molecule has 4 heteroatoms. The first-order valence-electron chi connectivity index (χ1n) is 7.20. The normalized spacial score (nSPS) is 15.0. The zero-order valence-corrected chi connectivity index (χ0v) is 11.9. The summed E-state index contributed by atoms with van der Waals surface area (Å²) < 4.78 is 0. The molecule has 0 saturated carbocycles. The molecule has 1 heterocycles. The van der Waals surface area contributed by atoms with Crippen LogP contribution in [0.5, 0.6) is 0 Å². The van der Waals surface area contributed by atoms with E-state index in [0.29, 0.717) is 5.56 Å². The van der Waals surface area contributed by atoms with Gasteiger partial charge in [-0.05, 0) is 17.7 Å². The van der Waals surface area contributed by atoms with Gasteiger partial charge in [0.2, 0.25) is 5.91 Å². The number of amides is 1. The number of rotatable bonds is 3. The van der Waals surface area contributed by atoms with E-state index in [2.05, 4.69) is 22.3 Å². The fourth-order valence-electron chi connectivity index (χ4n) is 2.71. The van der Waals surface area contributed by atoms with Gasteiger partial charge in [-0.2, -0.15) is 0 Å². The van der Waals surface area contributed by atoms with Crippen LogP contribution in [0.4, 0.5) is 5.69 Å². The molecule has 3 rings (SSSR count). The Hall–Kier alpha value is -2.33. The average Bonchev–Trinajstić information content (AvgIpc) is 2.56. The van der Waals surface area contributed by atoms with Crippen LogP contribution in [0.1, 0.15) is 10.4 Å².